The van der Waals surface area contributed by atoms with Crippen LogP contribution in [0, 0.1) is 17.3 Å². The van der Waals surface area contributed by atoms with Gasteiger partial charge in [-0.05, 0) is 42.9 Å². The van der Waals surface area contributed by atoms with Gasteiger partial charge in [0.15, 0.2) is 0 Å². The molecule has 0 aromatic heterocycles. The number of hydrogen-bond donors (Lipinski definition) is 0. The maximum Gasteiger partial charge on any atom is 0.132 e. The molecule has 194 valence electrons. The first-order valence-corrected chi connectivity index (χ1v) is 14.9. The molecule has 0 spiro atoms. The summed E-state index contributed by atoms with van der Waals surface area (Å²) in [6.07, 6.45) is 25.8. The Kier molecular flexibility index (Phi) is 25.2. The van der Waals surface area contributed by atoms with Crippen molar-refractivity contribution >= 4 is 5.78 Å². The summed E-state index contributed by atoms with van der Waals surface area (Å²) in [5.74, 6) is 2.77. The summed E-state index contributed by atoms with van der Waals surface area (Å²) in [6.45, 7) is 17.3. The molecule has 0 unspecified atom stereocenters. The van der Waals surface area contributed by atoms with Gasteiger partial charge in [0.25, 0.3) is 0 Å². The predicted octanol–water partition coefficient (Wildman–Crippen LogP) is 11.3. The van der Waals surface area contributed by atoms with Crippen LogP contribution in [-0.2, 0) is 4.79 Å². The lowest BCUT2D eigenvalue weighted by atomic mass is 9.71. The summed E-state index contributed by atoms with van der Waals surface area (Å²) in [7, 11) is 0. The third kappa shape index (κ3) is 22.8. The Morgan fingerprint density at radius 1 is 0.656 bits per heavy atom. The van der Waals surface area contributed by atoms with E-state index in [0.717, 1.165) is 42.9 Å². The smallest absolute Gasteiger partial charge is 0.132 e. The van der Waals surface area contributed by atoms with Gasteiger partial charge in [-0.3, -0.25) is 4.79 Å². The van der Waals surface area contributed by atoms with E-state index in [2.05, 4.69) is 41.5 Å². The van der Waals surface area contributed by atoms with Crippen LogP contribution in [0.5, 0.6) is 0 Å². The molecule has 1 nitrogen and oxygen atoms in total. The Morgan fingerprint density at radius 3 is 1.12 bits per heavy atom. The molecule has 0 saturated heterocycles. The Hall–Kier alpha value is -0.330. The zero-order chi connectivity index (χ0) is 24.7. The van der Waals surface area contributed by atoms with Crippen LogP contribution in [0.2, 0.25) is 0 Å². The quantitative estimate of drug-likeness (QED) is 0.407. The van der Waals surface area contributed by atoms with Crippen LogP contribution in [0.3, 0.4) is 0 Å². The molecule has 0 heterocycles. The first kappa shape index (κ1) is 33.8. The largest absolute Gasteiger partial charge is 0.300 e. The summed E-state index contributed by atoms with van der Waals surface area (Å²) in [4.78, 5) is 10.5. The first-order valence-electron chi connectivity index (χ1n) is 14.9. The topological polar surface area (TPSA) is 17.1 Å². The number of fused-ring (bicyclic) bond motifs is 1. The maximum atomic E-state index is 10.5. The van der Waals surface area contributed by atoms with Crippen LogP contribution in [-0.4, -0.2) is 5.78 Å². The van der Waals surface area contributed by atoms with E-state index in [1.54, 1.807) is 25.7 Å². The van der Waals surface area contributed by atoms with Gasteiger partial charge in [0.1, 0.15) is 5.78 Å². The molecular weight excluding hydrogens is 388 g/mol. The normalized spacial score (nSPS) is 24.4. The number of hydrogen-bond acceptors (Lipinski definition) is 1. The molecule has 1 heteroatoms. The molecular formula is C31H64O. The molecule has 0 aliphatic heterocycles. The minimum atomic E-state index is 0.464. The molecule has 32 heavy (non-hydrogen) atoms. The van der Waals surface area contributed by atoms with E-state index in [1.807, 2.05) is 13.8 Å². The maximum absolute atomic E-state index is 10.5. The van der Waals surface area contributed by atoms with Gasteiger partial charge >= 0.3 is 0 Å². The van der Waals surface area contributed by atoms with Crippen molar-refractivity contribution in [2.45, 2.75) is 177 Å². The van der Waals surface area contributed by atoms with E-state index in [4.69, 9.17) is 0 Å². The highest BCUT2D eigenvalue weighted by Gasteiger charge is 2.30. The standard InChI is InChI=1S/C10H18.C6H10O.C5H10.C5H12.C3H8.C2H6/c1-2-6-10-8-4-3-7-9(10)5-1;7-6-4-2-1-3-5-6;1-5(2)3-4-5;1-3-5-4-2;1-3-2;1-2/h9-10H,1-8H2;1-5H2;3-4H2,1-2H3;3-5H2,1-2H3;3H2,1-2H3;1-2H3. The van der Waals surface area contributed by atoms with Crippen molar-refractivity contribution in [1.29, 1.82) is 0 Å². The van der Waals surface area contributed by atoms with Crippen LogP contribution in [0.1, 0.15) is 177 Å². The average Bonchev–Trinajstić information content (AvgIpc) is 3.52. The fourth-order valence-electron chi connectivity index (χ4n) is 4.41. The SMILES string of the molecule is C1CCC2CCCCC2C1.CC.CC1(C)CC1.CCC.CCCCC.O=C1CCCCC1. The van der Waals surface area contributed by atoms with E-state index < -0.39 is 0 Å². The average molecular weight is 453 g/mol. The molecule has 0 bridgehead atoms. The number of carbonyl (C=O) groups is 1. The number of Topliss-reactive ketones (excluding diaryl/α,β-unsaturated/α-hetero) is 1. The Labute approximate surface area is 205 Å². The third-order valence-electron chi connectivity index (χ3n) is 6.83. The van der Waals surface area contributed by atoms with E-state index >= 15 is 0 Å². The molecule has 0 amide bonds. The number of unbranched alkanes of at least 4 members (excludes halogenated alkanes) is 2. The van der Waals surface area contributed by atoms with Crippen molar-refractivity contribution in [1.82, 2.24) is 0 Å². The summed E-state index contributed by atoms with van der Waals surface area (Å²) in [5, 5.41) is 0. The molecule has 0 atom stereocenters. The Bertz CT molecular complexity index is 342. The molecule has 0 N–H and O–H groups in total. The molecule has 4 aliphatic rings. The van der Waals surface area contributed by atoms with Gasteiger partial charge in [-0.25, -0.2) is 0 Å². The molecule has 0 radical (unpaired) electrons. The minimum Gasteiger partial charge on any atom is -0.300 e. The number of rotatable bonds is 2. The van der Waals surface area contributed by atoms with Crippen LogP contribution >= 0.6 is 0 Å². The predicted molar refractivity (Wildman–Crippen MR) is 148 cm³/mol. The second-order valence-corrected chi connectivity index (χ2v) is 10.9. The van der Waals surface area contributed by atoms with E-state index in [1.165, 1.54) is 70.6 Å². The van der Waals surface area contributed by atoms with Gasteiger partial charge in [-0.2, -0.15) is 0 Å². The second-order valence-electron chi connectivity index (χ2n) is 10.9. The van der Waals surface area contributed by atoms with Gasteiger partial charge < -0.3 is 0 Å². The van der Waals surface area contributed by atoms with E-state index in [0.29, 0.717) is 5.78 Å². The third-order valence-corrected chi connectivity index (χ3v) is 6.83. The fourth-order valence-corrected chi connectivity index (χ4v) is 4.41. The van der Waals surface area contributed by atoms with E-state index in [9.17, 15) is 4.79 Å². The molecule has 0 aromatic carbocycles. The minimum absolute atomic E-state index is 0.464. The second kappa shape index (κ2) is 23.8. The number of ketones is 1. The van der Waals surface area contributed by atoms with Crippen LogP contribution in [0.25, 0.3) is 0 Å². The summed E-state index contributed by atoms with van der Waals surface area (Å²) >= 11 is 0. The molecule has 4 rings (SSSR count). The van der Waals surface area contributed by atoms with Crippen LogP contribution < -0.4 is 0 Å². The lowest BCUT2D eigenvalue weighted by Gasteiger charge is -2.35. The first-order chi connectivity index (χ1) is 15.4. The summed E-state index contributed by atoms with van der Waals surface area (Å²) in [6, 6.07) is 0. The van der Waals surface area contributed by atoms with Gasteiger partial charge in [-0.15, -0.1) is 0 Å². The Morgan fingerprint density at radius 2 is 0.969 bits per heavy atom. The summed E-state index contributed by atoms with van der Waals surface area (Å²) < 4.78 is 0. The van der Waals surface area contributed by atoms with E-state index in [-0.39, 0.29) is 0 Å². The van der Waals surface area contributed by atoms with Crippen molar-refractivity contribution in [2.75, 3.05) is 0 Å². The molecule has 4 saturated carbocycles. The molecule has 4 aliphatic carbocycles. The van der Waals surface area contributed by atoms with Gasteiger partial charge in [0, 0.05) is 12.8 Å². The summed E-state index contributed by atoms with van der Waals surface area (Å²) in [5.41, 5.74) is 0.750. The van der Waals surface area contributed by atoms with Crippen molar-refractivity contribution in [3.05, 3.63) is 0 Å². The van der Waals surface area contributed by atoms with Crippen molar-refractivity contribution in [3.8, 4) is 0 Å². The van der Waals surface area contributed by atoms with Crippen molar-refractivity contribution < 1.29 is 4.79 Å². The zero-order valence-electron chi connectivity index (χ0n) is 24.0. The Balaban J connectivity index is 0. The highest BCUT2D eigenvalue weighted by molar-refractivity contribution is 5.78. The van der Waals surface area contributed by atoms with Crippen LogP contribution in [0.4, 0.5) is 0 Å². The lowest BCUT2D eigenvalue weighted by Crippen LogP contribution is -2.22. The zero-order valence-corrected chi connectivity index (χ0v) is 24.0. The van der Waals surface area contributed by atoms with Crippen molar-refractivity contribution in [3.63, 3.8) is 0 Å². The fraction of sp³-hybridized carbons (Fsp3) is 0.968. The van der Waals surface area contributed by atoms with Gasteiger partial charge in [0.2, 0.25) is 0 Å². The lowest BCUT2D eigenvalue weighted by molar-refractivity contribution is -0.120. The van der Waals surface area contributed by atoms with Gasteiger partial charge in [-0.1, -0.05) is 139 Å². The monoisotopic (exact) mass is 452 g/mol. The van der Waals surface area contributed by atoms with Crippen molar-refractivity contribution in [2.24, 2.45) is 17.3 Å². The van der Waals surface area contributed by atoms with Crippen LogP contribution in [0.15, 0.2) is 0 Å². The highest BCUT2D eigenvalue weighted by Crippen LogP contribution is 2.43. The van der Waals surface area contributed by atoms with Gasteiger partial charge in [0.05, 0.1) is 0 Å². The molecule has 4 fully saturated rings. The highest BCUT2D eigenvalue weighted by atomic mass is 16.1. The molecule has 0 aromatic rings. The number of carbonyl (C=O) groups excluding carboxylic acids is 1.